The van der Waals surface area contributed by atoms with Crippen LogP contribution in [0.3, 0.4) is 0 Å². The van der Waals surface area contributed by atoms with E-state index in [1.165, 1.54) is 12.1 Å². The fraction of sp³-hybridized carbons (Fsp3) is 0.0667. The van der Waals surface area contributed by atoms with Gasteiger partial charge in [0.25, 0.3) is 0 Å². The molecule has 5 heteroatoms. The maximum Gasteiger partial charge on any atom is 0.161 e. The van der Waals surface area contributed by atoms with Crippen molar-refractivity contribution in [1.29, 1.82) is 0 Å². The molecule has 0 fully saturated rings. The monoisotopic (exact) mass is 306 g/mol. The smallest absolute Gasteiger partial charge is 0.161 e. The molecule has 0 saturated carbocycles. The first-order valence-electron chi connectivity index (χ1n) is 5.94. The molecule has 0 atom stereocenters. The zero-order chi connectivity index (χ0) is 14.3. The minimum Gasteiger partial charge on any atom is -0.228 e. The van der Waals surface area contributed by atoms with Gasteiger partial charge in [-0.05, 0) is 48.9 Å². The molecule has 20 heavy (non-hydrogen) atoms. The summed E-state index contributed by atoms with van der Waals surface area (Å²) in [6.45, 7) is 1.92. The van der Waals surface area contributed by atoms with E-state index in [4.69, 9.17) is 23.2 Å². The Morgan fingerprint density at radius 2 is 1.80 bits per heavy atom. The Hall–Kier alpha value is -1.71. The van der Waals surface area contributed by atoms with Crippen LogP contribution in [-0.2, 0) is 0 Å². The van der Waals surface area contributed by atoms with Crippen LogP contribution in [-0.4, -0.2) is 9.97 Å². The predicted octanol–water partition coefficient (Wildman–Crippen LogP) is 5.05. The molecule has 0 aliphatic heterocycles. The van der Waals surface area contributed by atoms with Crippen LogP contribution in [0.1, 0.15) is 5.56 Å². The van der Waals surface area contributed by atoms with Crippen molar-refractivity contribution in [3.05, 3.63) is 58.0 Å². The van der Waals surface area contributed by atoms with E-state index in [1.54, 1.807) is 12.1 Å². The number of hydrogen-bond donors (Lipinski definition) is 0. The van der Waals surface area contributed by atoms with E-state index in [2.05, 4.69) is 9.97 Å². The summed E-state index contributed by atoms with van der Waals surface area (Å²) < 4.78 is 13.2. The van der Waals surface area contributed by atoms with Gasteiger partial charge in [-0.3, -0.25) is 0 Å². The molecule has 3 rings (SSSR count). The minimum absolute atomic E-state index is 0.235. The Morgan fingerprint density at radius 3 is 2.55 bits per heavy atom. The van der Waals surface area contributed by atoms with Crippen molar-refractivity contribution in [3.63, 3.8) is 0 Å². The van der Waals surface area contributed by atoms with E-state index < -0.39 is 0 Å². The lowest BCUT2D eigenvalue weighted by atomic mass is 10.1. The summed E-state index contributed by atoms with van der Waals surface area (Å²) in [5, 5.41) is 1.39. The number of halogens is 3. The summed E-state index contributed by atoms with van der Waals surface area (Å²) in [7, 11) is 0. The average Bonchev–Trinajstić information content (AvgIpc) is 2.39. The predicted molar refractivity (Wildman–Crippen MR) is 79.7 cm³/mol. The van der Waals surface area contributed by atoms with Gasteiger partial charge in [-0.25, -0.2) is 14.4 Å². The highest BCUT2D eigenvalue weighted by atomic mass is 35.5. The molecular weight excluding hydrogens is 298 g/mol. The molecule has 1 heterocycles. The van der Waals surface area contributed by atoms with Crippen molar-refractivity contribution < 1.29 is 4.39 Å². The molecule has 0 spiro atoms. The molecule has 0 aliphatic rings. The van der Waals surface area contributed by atoms with Crippen molar-refractivity contribution >= 4 is 34.1 Å². The number of benzene rings is 2. The van der Waals surface area contributed by atoms with Gasteiger partial charge in [-0.2, -0.15) is 0 Å². The van der Waals surface area contributed by atoms with Gasteiger partial charge >= 0.3 is 0 Å². The summed E-state index contributed by atoms with van der Waals surface area (Å²) in [4.78, 5) is 8.68. The van der Waals surface area contributed by atoms with E-state index in [0.29, 0.717) is 21.7 Å². The average molecular weight is 307 g/mol. The quantitative estimate of drug-likeness (QED) is 0.588. The summed E-state index contributed by atoms with van der Waals surface area (Å²) in [5.74, 6) is 0.140. The lowest BCUT2D eigenvalue weighted by Crippen LogP contribution is -1.94. The van der Waals surface area contributed by atoms with Crippen LogP contribution < -0.4 is 0 Å². The molecule has 0 saturated heterocycles. The van der Waals surface area contributed by atoms with E-state index in [-0.39, 0.29) is 11.0 Å². The lowest BCUT2D eigenvalue weighted by molar-refractivity contribution is 0.629. The number of aromatic nitrogens is 2. The third-order valence-corrected chi connectivity index (χ3v) is 3.56. The third-order valence-electron chi connectivity index (χ3n) is 3.04. The Balaban J connectivity index is 2.24. The van der Waals surface area contributed by atoms with E-state index in [0.717, 1.165) is 11.1 Å². The first-order valence-corrected chi connectivity index (χ1v) is 6.69. The van der Waals surface area contributed by atoms with Crippen LogP contribution in [0, 0.1) is 12.7 Å². The van der Waals surface area contributed by atoms with Crippen LogP contribution in [0.25, 0.3) is 22.3 Å². The van der Waals surface area contributed by atoms with Gasteiger partial charge < -0.3 is 0 Å². The largest absolute Gasteiger partial charge is 0.228 e. The first kappa shape index (κ1) is 13.3. The number of nitrogens with zero attached hydrogens (tertiary/aromatic N) is 2. The van der Waals surface area contributed by atoms with Gasteiger partial charge in [-0.1, -0.05) is 23.2 Å². The van der Waals surface area contributed by atoms with Gasteiger partial charge in [0.05, 0.1) is 5.52 Å². The molecule has 0 radical (unpaired) electrons. The molecule has 0 N–H and O–H groups in total. The standard InChI is InChI=1S/C15H9Cl2FN2/c1-8-6-9(16)2-4-11(8)15-19-13-5-3-10(18)7-12(13)14(17)20-15/h2-7H,1H3. The summed E-state index contributed by atoms with van der Waals surface area (Å²) in [5.41, 5.74) is 2.41. The number of aryl methyl sites for hydroxylation is 1. The second kappa shape index (κ2) is 5.00. The first-order chi connectivity index (χ1) is 9.54. The molecule has 2 aromatic carbocycles. The molecule has 100 valence electrons. The van der Waals surface area contributed by atoms with E-state index >= 15 is 0 Å². The Bertz CT molecular complexity index is 818. The van der Waals surface area contributed by atoms with Gasteiger partial charge in [0.2, 0.25) is 0 Å². The van der Waals surface area contributed by atoms with Crippen LogP contribution >= 0.6 is 23.2 Å². The number of rotatable bonds is 1. The highest BCUT2D eigenvalue weighted by Crippen LogP contribution is 2.28. The lowest BCUT2D eigenvalue weighted by Gasteiger charge is -2.07. The highest BCUT2D eigenvalue weighted by Gasteiger charge is 2.11. The normalized spacial score (nSPS) is 11.0. The highest BCUT2D eigenvalue weighted by molar-refractivity contribution is 6.34. The summed E-state index contributed by atoms with van der Waals surface area (Å²) >= 11 is 12.1. The Labute approximate surface area is 125 Å². The van der Waals surface area contributed by atoms with Crippen molar-refractivity contribution in [2.75, 3.05) is 0 Å². The number of hydrogen-bond acceptors (Lipinski definition) is 2. The fourth-order valence-electron chi connectivity index (χ4n) is 2.06. The Morgan fingerprint density at radius 1 is 1.00 bits per heavy atom. The Kier molecular flexibility index (Phi) is 3.32. The maximum atomic E-state index is 13.2. The molecule has 0 amide bonds. The molecule has 0 bridgehead atoms. The maximum absolute atomic E-state index is 13.2. The van der Waals surface area contributed by atoms with Gasteiger partial charge in [0.15, 0.2) is 5.82 Å². The molecular formula is C15H9Cl2FN2. The van der Waals surface area contributed by atoms with Crippen molar-refractivity contribution in [3.8, 4) is 11.4 Å². The van der Waals surface area contributed by atoms with Crippen LogP contribution in [0.2, 0.25) is 10.2 Å². The van der Waals surface area contributed by atoms with Crippen LogP contribution in [0.4, 0.5) is 4.39 Å². The van der Waals surface area contributed by atoms with Gasteiger partial charge in [0.1, 0.15) is 11.0 Å². The molecule has 0 unspecified atom stereocenters. The second-order valence-electron chi connectivity index (χ2n) is 4.46. The van der Waals surface area contributed by atoms with E-state index in [9.17, 15) is 4.39 Å². The molecule has 3 aromatic rings. The summed E-state index contributed by atoms with van der Waals surface area (Å²) in [6, 6.07) is 9.73. The van der Waals surface area contributed by atoms with E-state index in [1.807, 2.05) is 19.1 Å². The zero-order valence-corrected chi connectivity index (χ0v) is 12.0. The second-order valence-corrected chi connectivity index (χ2v) is 5.25. The molecule has 2 nitrogen and oxygen atoms in total. The minimum atomic E-state index is -0.363. The summed E-state index contributed by atoms with van der Waals surface area (Å²) in [6.07, 6.45) is 0. The van der Waals surface area contributed by atoms with Crippen molar-refractivity contribution in [2.24, 2.45) is 0 Å². The van der Waals surface area contributed by atoms with Crippen molar-refractivity contribution in [2.45, 2.75) is 6.92 Å². The van der Waals surface area contributed by atoms with Crippen molar-refractivity contribution in [1.82, 2.24) is 9.97 Å². The molecule has 1 aromatic heterocycles. The number of fused-ring (bicyclic) bond motifs is 1. The zero-order valence-electron chi connectivity index (χ0n) is 10.5. The van der Waals surface area contributed by atoms with Crippen LogP contribution in [0.5, 0.6) is 0 Å². The third kappa shape index (κ3) is 2.35. The van der Waals surface area contributed by atoms with Gasteiger partial charge in [-0.15, -0.1) is 0 Å². The topological polar surface area (TPSA) is 25.8 Å². The van der Waals surface area contributed by atoms with Crippen LogP contribution in [0.15, 0.2) is 36.4 Å². The fourth-order valence-corrected chi connectivity index (χ4v) is 2.52. The SMILES string of the molecule is Cc1cc(Cl)ccc1-c1nc(Cl)c2cc(F)ccc2n1. The van der Waals surface area contributed by atoms with Gasteiger partial charge in [0, 0.05) is 16.0 Å². The molecule has 0 aliphatic carbocycles.